The molecule has 0 bridgehead atoms. The summed E-state index contributed by atoms with van der Waals surface area (Å²) in [5.74, 6) is 0. The quantitative estimate of drug-likeness (QED) is 0.726. The van der Waals surface area contributed by atoms with Gasteiger partial charge in [0.2, 0.25) is 0 Å². The van der Waals surface area contributed by atoms with E-state index in [1.54, 1.807) is 0 Å². The second-order valence-electron chi connectivity index (χ2n) is 5.17. The Hall–Kier alpha value is -1.15. The van der Waals surface area contributed by atoms with Gasteiger partial charge in [-0.05, 0) is 38.9 Å². The average Bonchev–Trinajstić information content (AvgIpc) is 2.20. The molecule has 2 heteroatoms. The smallest absolute Gasteiger partial charge is 0.124 e. The third-order valence-corrected chi connectivity index (χ3v) is 2.97. The van der Waals surface area contributed by atoms with Gasteiger partial charge in [0.05, 0.1) is 0 Å². The predicted molar refractivity (Wildman–Crippen MR) is 67.4 cm³/mol. The lowest BCUT2D eigenvalue weighted by Crippen LogP contribution is -2.37. The van der Waals surface area contributed by atoms with Crippen LogP contribution >= 0.6 is 0 Å². The fraction of sp³-hybridized carbons (Fsp3) is 0.500. The molecule has 0 aromatic heterocycles. The molecule has 0 aliphatic rings. The first-order valence-electron chi connectivity index (χ1n) is 5.67. The molecule has 0 aliphatic heterocycles. The van der Waals surface area contributed by atoms with Crippen molar-refractivity contribution in [2.75, 3.05) is 7.05 Å². The Kier molecular flexibility index (Phi) is 4.25. The number of hydrogen-bond donors (Lipinski definition) is 0. The number of hydrogen-bond acceptors (Lipinski definition) is 2. The van der Waals surface area contributed by atoms with E-state index in [9.17, 15) is 4.79 Å². The van der Waals surface area contributed by atoms with Gasteiger partial charge < -0.3 is 4.79 Å². The Bertz CT molecular complexity index is 352. The Morgan fingerprint density at radius 2 is 1.75 bits per heavy atom. The van der Waals surface area contributed by atoms with Gasteiger partial charge in [-0.1, -0.05) is 24.3 Å². The molecule has 0 saturated heterocycles. The van der Waals surface area contributed by atoms with Gasteiger partial charge in [0.15, 0.2) is 0 Å². The Labute approximate surface area is 98.3 Å². The van der Waals surface area contributed by atoms with Crippen LogP contribution in [0.15, 0.2) is 24.3 Å². The maximum Gasteiger partial charge on any atom is 0.124 e. The van der Waals surface area contributed by atoms with Crippen LogP contribution in [-0.4, -0.2) is 23.8 Å². The van der Waals surface area contributed by atoms with E-state index in [1.807, 2.05) is 18.2 Å². The summed E-state index contributed by atoms with van der Waals surface area (Å²) in [5, 5.41) is 0. The van der Waals surface area contributed by atoms with E-state index in [0.717, 1.165) is 18.4 Å². The fourth-order valence-corrected chi connectivity index (χ4v) is 1.49. The van der Waals surface area contributed by atoms with Crippen molar-refractivity contribution in [3.05, 3.63) is 35.4 Å². The van der Waals surface area contributed by atoms with Crippen LogP contribution in [0.3, 0.4) is 0 Å². The zero-order valence-electron chi connectivity index (χ0n) is 10.7. The van der Waals surface area contributed by atoms with Crippen molar-refractivity contribution >= 4 is 6.29 Å². The molecule has 0 unspecified atom stereocenters. The van der Waals surface area contributed by atoms with Crippen molar-refractivity contribution in [3.63, 3.8) is 0 Å². The van der Waals surface area contributed by atoms with E-state index in [2.05, 4.69) is 38.8 Å². The Morgan fingerprint density at radius 3 is 2.25 bits per heavy atom. The van der Waals surface area contributed by atoms with Crippen LogP contribution in [0.1, 0.15) is 31.9 Å². The third kappa shape index (κ3) is 3.46. The zero-order valence-corrected chi connectivity index (χ0v) is 10.7. The van der Waals surface area contributed by atoms with Crippen LogP contribution < -0.4 is 0 Å². The second kappa shape index (κ2) is 5.26. The largest absolute Gasteiger partial charge is 0.303 e. The Morgan fingerprint density at radius 1 is 1.19 bits per heavy atom. The van der Waals surface area contributed by atoms with Gasteiger partial charge in [-0.15, -0.1) is 0 Å². The first-order valence-corrected chi connectivity index (χ1v) is 5.67. The van der Waals surface area contributed by atoms with Crippen molar-refractivity contribution in [2.45, 2.75) is 39.3 Å². The van der Waals surface area contributed by atoms with Gasteiger partial charge in [-0.2, -0.15) is 0 Å². The molecule has 0 aliphatic carbocycles. The monoisotopic (exact) mass is 219 g/mol. The molecule has 2 nitrogen and oxygen atoms in total. The average molecular weight is 219 g/mol. The van der Waals surface area contributed by atoms with Crippen LogP contribution in [0.25, 0.3) is 0 Å². The summed E-state index contributed by atoms with van der Waals surface area (Å²) in [7, 11) is 2.11. The molecule has 0 saturated carbocycles. The number of benzene rings is 1. The van der Waals surface area contributed by atoms with Gasteiger partial charge in [0.1, 0.15) is 6.29 Å². The molecular weight excluding hydrogens is 198 g/mol. The standard InChI is InChI=1S/C14H21NO/c1-14(2,3)15(4)11-13-8-6-5-7-12(13)9-10-16/h5-8,10H,9,11H2,1-4H3. The molecule has 0 spiro atoms. The minimum Gasteiger partial charge on any atom is -0.303 e. The minimum absolute atomic E-state index is 0.147. The van der Waals surface area contributed by atoms with Crippen molar-refractivity contribution in [3.8, 4) is 0 Å². The van der Waals surface area contributed by atoms with Crippen molar-refractivity contribution < 1.29 is 4.79 Å². The highest BCUT2D eigenvalue weighted by Crippen LogP contribution is 2.17. The molecule has 1 aromatic rings. The molecule has 0 heterocycles. The summed E-state index contributed by atoms with van der Waals surface area (Å²) in [4.78, 5) is 12.9. The molecule has 0 amide bonds. The van der Waals surface area contributed by atoms with Gasteiger partial charge in [-0.25, -0.2) is 0 Å². The van der Waals surface area contributed by atoms with E-state index in [0.29, 0.717) is 6.42 Å². The summed E-state index contributed by atoms with van der Waals surface area (Å²) in [6, 6.07) is 8.14. The molecular formula is C14H21NO. The summed E-state index contributed by atoms with van der Waals surface area (Å²) >= 11 is 0. The van der Waals surface area contributed by atoms with Crippen molar-refractivity contribution in [2.24, 2.45) is 0 Å². The van der Waals surface area contributed by atoms with Gasteiger partial charge in [0, 0.05) is 18.5 Å². The molecule has 16 heavy (non-hydrogen) atoms. The minimum atomic E-state index is 0.147. The maximum absolute atomic E-state index is 10.6. The molecule has 0 fully saturated rings. The van der Waals surface area contributed by atoms with E-state index in [-0.39, 0.29) is 5.54 Å². The lowest BCUT2D eigenvalue weighted by molar-refractivity contribution is -0.107. The molecule has 0 N–H and O–H groups in total. The molecule has 88 valence electrons. The lowest BCUT2D eigenvalue weighted by atomic mass is 10.0. The van der Waals surface area contributed by atoms with E-state index in [4.69, 9.17) is 0 Å². The van der Waals surface area contributed by atoms with Crippen molar-refractivity contribution in [1.29, 1.82) is 0 Å². The van der Waals surface area contributed by atoms with Crippen molar-refractivity contribution in [1.82, 2.24) is 4.90 Å². The maximum atomic E-state index is 10.6. The third-order valence-electron chi connectivity index (χ3n) is 2.97. The number of rotatable bonds is 4. The first kappa shape index (κ1) is 12.9. The number of carbonyl (C=O) groups is 1. The van der Waals surface area contributed by atoms with Crippen LogP contribution in [0.4, 0.5) is 0 Å². The molecule has 0 radical (unpaired) electrons. The summed E-state index contributed by atoms with van der Waals surface area (Å²) < 4.78 is 0. The van der Waals surface area contributed by atoms with Crippen LogP contribution in [-0.2, 0) is 17.8 Å². The highest BCUT2D eigenvalue weighted by molar-refractivity contribution is 5.56. The lowest BCUT2D eigenvalue weighted by Gasteiger charge is -2.32. The van der Waals surface area contributed by atoms with E-state index < -0.39 is 0 Å². The van der Waals surface area contributed by atoms with E-state index >= 15 is 0 Å². The van der Waals surface area contributed by atoms with E-state index in [1.165, 1.54) is 5.56 Å². The van der Waals surface area contributed by atoms with Gasteiger partial charge >= 0.3 is 0 Å². The van der Waals surface area contributed by atoms with Gasteiger partial charge in [0.25, 0.3) is 0 Å². The highest BCUT2D eigenvalue weighted by Gasteiger charge is 2.17. The molecule has 0 atom stereocenters. The number of nitrogens with zero attached hydrogens (tertiary/aromatic N) is 1. The Balaban J connectivity index is 2.84. The summed E-state index contributed by atoms with van der Waals surface area (Å²) in [5.41, 5.74) is 2.52. The summed E-state index contributed by atoms with van der Waals surface area (Å²) in [6.07, 6.45) is 1.48. The topological polar surface area (TPSA) is 20.3 Å². The molecule has 1 aromatic carbocycles. The fourth-order valence-electron chi connectivity index (χ4n) is 1.49. The van der Waals surface area contributed by atoms with Crippen LogP contribution in [0.2, 0.25) is 0 Å². The van der Waals surface area contributed by atoms with Gasteiger partial charge in [-0.3, -0.25) is 4.90 Å². The summed E-state index contributed by atoms with van der Waals surface area (Å²) in [6.45, 7) is 7.45. The second-order valence-corrected chi connectivity index (χ2v) is 5.17. The number of carbonyl (C=O) groups excluding carboxylic acids is 1. The van der Waals surface area contributed by atoms with Crippen LogP contribution in [0, 0.1) is 0 Å². The first-order chi connectivity index (χ1) is 7.45. The SMILES string of the molecule is CN(Cc1ccccc1CC=O)C(C)(C)C. The highest BCUT2D eigenvalue weighted by atomic mass is 16.1. The number of aldehydes is 1. The van der Waals surface area contributed by atoms with Crippen LogP contribution in [0.5, 0.6) is 0 Å². The predicted octanol–water partition coefficient (Wildman–Crippen LogP) is 2.66. The zero-order chi connectivity index (χ0) is 12.2. The normalized spacial score (nSPS) is 11.8. The molecule has 1 rings (SSSR count).